The lowest BCUT2D eigenvalue weighted by atomic mass is 10.1. The van der Waals surface area contributed by atoms with Gasteiger partial charge < -0.3 is 4.90 Å². The first kappa shape index (κ1) is 41.2. The minimum atomic E-state index is -2.55. The Morgan fingerprint density at radius 3 is 0.846 bits per heavy atom. The predicted octanol–water partition coefficient (Wildman–Crippen LogP) is 11.8. The van der Waals surface area contributed by atoms with E-state index in [0.29, 0.717) is 0 Å². The van der Waals surface area contributed by atoms with E-state index in [-0.39, 0.29) is 0 Å². The molecular weight excluding hydrogens is 815 g/mol. The van der Waals surface area contributed by atoms with E-state index in [0.717, 1.165) is 28.2 Å². The van der Waals surface area contributed by atoms with Crippen LogP contribution in [0.1, 0.15) is 11.1 Å². The zero-order chi connectivity index (χ0) is 43.7. The van der Waals surface area contributed by atoms with E-state index < -0.39 is 16.1 Å². The van der Waals surface area contributed by atoms with Crippen LogP contribution in [0.2, 0.25) is 0 Å². The van der Waals surface area contributed by atoms with Crippen molar-refractivity contribution in [1.82, 2.24) is 0 Å². The second kappa shape index (κ2) is 18.9. The third-order valence-corrected chi connectivity index (χ3v) is 21.5. The lowest BCUT2D eigenvalue weighted by Gasteiger charge is -2.31. The summed E-state index contributed by atoms with van der Waals surface area (Å²) >= 11 is 0. The molecule has 10 aromatic carbocycles. The van der Waals surface area contributed by atoms with E-state index >= 15 is 0 Å². The Hall–Kier alpha value is -7.83. The zero-order valence-electron chi connectivity index (χ0n) is 36.2. The van der Waals surface area contributed by atoms with Crippen molar-refractivity contribution >= 4 is 87.3 Å². The monoisotopic (exact) mass is 863 g/mol. The van der Waals surface area contributed by atoms with Crippen LogP contribution in [-0.2, 0) is 0 Å². The van der Waals surface area contributed by atoms with Crippen LogP contribution in [0.5, 0.6) is 0 Å². The molecule has 0 aliphatic rings. The SMILES string of the molecule is C(=C[Si](c1ccccc1)(c1ccccc1)c1ccccc1)c1ccc(N(c2ccc(C=C[Si](c3ccccc3)(c3ccccc3)c3ccccc3)cc2)c2ccc3ccccc3c2)cc1. The molecule has 0 radical (unpaired) electrons. The largest absolute Gasteiger partial charge is 0.310 e. The lowest BCUT2D eigenvalue weighted by molar-refractivity contribution is 1.29. The first-order valence-corrected chi connectivity index (χ1v) is 26.6. The minimum Gasteiger partial charge on any atom is -0.310 e. The van der Waals surface area contributed by atoms with Crippen molar-refractivity contribution in [2.45, 2.75) is 0 Å². The van der Waals surface area contributed by atoms with E-state index in [9.17, 15) is 0 Å². The Bertz CT molecular complexity index is 2780. The molecule has 3 heteroatoms. The van der Waals surface area contributed by atoms with Gasteiger partial charge in [-0.3, -0.25) is 0 Å². The van der Waals surface area contributed by atoms with Gasteiger partial charge in [0.2, 0.25) is 0 Å². The van der Waals surface area contributed by atoms with Gasteiger partial charge in [-0.15, -0.1) is 0 Å². The highest BCUT2D eigenvalue weighted by Gasteiger charge is 2.38. The molecular formula is C62H49NSi2. The van der Waals surface area contributed by atoms with Crippen LogP contribution in [-0.4, -0.2) is 16.1 Å². The quantitative estimate of drug-likeness (QED) is 0.0824. The first-order chi connectivity index (χ1) is 32.2. The summed E-state index contributed by atoms with van der Waals surface area (Å²) in [4.78, 5) is 2.38. The number of anilines is 3. The molecule has 0 saturated heterocycles. The minimum absolute atomic E-state index is 1.10. The molecule has 10 aromatic rings. The molecule has 0 N–H and O–H groups in total. The maximum absolute atomic E-state index is 2.55. The summed E-state index contributed by atoms with van der Waals surface area (Å²) in [5.41, 5.74) is 10.7. The van der Waals surface area contributed by atoms with Crippen molar-refractivity contribution in [3.63, 3.8) is 0 Å². The molecule has 0 atom stereocenters. The van der Waals surface area contributed by atoms with Crippen LogP contribution in [0.4, 0.5) is 17.1 Å². The first-order valence-electron chi connectivity index (χ1n) is 22.4. The number of fused-ring (bicyclic) bond motifs is 1. The van der Waals surface area contributed by atoms with Crippen molar-refractivity contribution in [1.29, 1.82) is 0 Å². The Morgan fingerprint density at radius 1 is 0.246 bits per heavy atom. The highest BCUT2D eigenvalue weighted by Crippen LogP contribution is 2.36. The van der Waals surface area contributed by atoms with Gasteiger partial charge >= 0.3 is 0 Å². The summed E-state index contributed by atoms with van der Waals surface area (Å²) in [6.07, 6.45) is 4.68. The zero-order valence-corrected chi connectivity index (χ0v) is 38.2. The summed E-state index contributed by atoms with van der Waals surface area (Å²) in [6.45, 7) is 0. The molecule has 0 bridgehead atoms. The Labute approximate surface area is 385 Å². The van der Waals surface area contributed by atoms with Crippen LogP contribution >= 0.6 is 0 Å². The third-order valence-electron chi connectivity index (χ3n) is 12.7. The number of hydrogen-bond acceptors (Lipinski definition) is 1. The summed E-state index contributed by atoms with van der Waals surface area (Å²) in [6, 6.07) is 99.8. The van der Waals surface area contributed by atoms with Crippen molar-refractivity contribution in [2.75, 3.05) is 4.90 Å². The van der Waals surface area contributed by atoms with Crippen molar-refractivity contribution in [2.24, 2.45) is 0 Å². The highest BCUT2D eigenvalue weighted by atomic mass is 28.3. The van der Waals surface area contributed by atoms with Gasteiger partial charge in [-0.2, -0.15) is 0 Å². The number of nitrogens with zero attached hydrogens (tertiary/aromatic N) is 1. The van der Waals surface area contributed by atoms with Crippen molar-refractivity contribution in [3.05, 3.63) is 296 Å². The molecule has 10 rings (SSSR count). The average Bonchev–Trinajstić information content (AvgIpc) is 3.39. The smallest absolute Gasteiger partial charge is 0.172 e. The van der Waals surface area contributed by atoms with Gasteiger partial charge in [-0.05, 0) is 89.4 Å². The lowest BCUT2D eigenvalue weighted by Crippen LogP contribution is -2.66. The second-order valence-electron chi connectivity index (χ2n) is 16.5. The molecule has 0 spiro atoms. The fourth-order valence-corrected chi connectivity index (χ4v) is 17.8. The molecule has 0 fully saturated rings. The van der Waals surface area contributed by atoms with E-state index in [4.69, 9.17) is 0 Å². The Balaban J connectivity index is 1.03. The Kier molecular flexibility index (Phi) is 12.0. The summed E-state index contributed by atoms with van der Waals surface area (Å²) in [5, 5.41) is 10.6. The van der Waals surface area contributed by atoms with Gasteiger partial charge in [0.25, 0.3) is 0 Å². The summed E-state index contributed by atoms with van der Waals surface area (Å²) in [7, 11) is -5.10. The predicted molar refractivity (Wildman–Crippen MR) is 285 cm³/mol. The molecule has 310 valence electrons. The summed E-state index contributed by atoms with van der Waals surface area (Å²) in [5.74, 6) is 0. The van der Waals surface area contributed by atoms with Crippen LogP contribution < -0.4 is 36.0 Å². The van der Waals surface area contributed by atoms with Crippen molar-refractivity contribution in [3.8, 4) is 0 Å². The van der Waals surface area contributed by atoms with E-state index in [1.807, 2.05) is 0 Å². The van der Waals surface area contributed by atoms with Gasteiger partial charge in [0.15, 0.2) is 16.1 Å². The van der Waals surface area contributed by atoms with Crippen LogP contribution in [0.15, 0.2) is 284 Å². The molecule has 65 heavy (non-hydrogen) atoms. The average molecular weight is 864 g/mol. The van der Waals surface area contributed by atoms with E-state index in [1.165, 1.54) is 41.9 Å². The normalized spacial score (nSPS) is 11.9. The van der Waals surface area contributed by atoms with Crippen LogP contribution in [0, 0.1) is 0 Å². The van der Waals surface area contributed by atoms with Crippen LogP contribution in [0.3, 0.4) is 0 Å². The molecule has 0 amide bonds. The molecule has 0 saturated carbocycles. The van der Waals surface area contributed by atoms with Crippen molar-refractivity contribution < 1.29 is 0 Å². The van der Waals surface area contributed by atoms with E-state index in [2.05, 4.69) is 301 Å². The molecule has 1 nitrogen and oxygen atoms in total. The van der Waals surface area contributed by atoms with Gasteiger partial charge in [-0.1, -0.05) is 260 Å². The maximum Gasteiger partial charge on any atom is 0.172 e. The topological polar surface area (TPSA) is 3.24 Å². The van der Waals surface area contributed by atoms with Crippen LogP contribution in [0.25, 0.3) is 22.9 Å². The van der Waals surface area contributed by atoms with Gasteiger partial charge in [0.1, 0.15) is 0 Å². The molecule has 0 aliphatic carbocycles. The summed E-state index contributed by atoms with van der Waals surface area (Å²) < 4.78 is 0. The van der Waals surface area contributed by atoms with Gasteiger partial charge in [-0.25, -0.2) is 0 Å². The second-order valence-corrected chi connectivity index (χ2v) is 23.9. The molecule has 0 aromatic heterocycles. The van der Waals surface area contributed by atoms with Gasteiger partial charge in [0.05, 0.1) is 0 Å². The Morgan fingerprint density at radius 2 is 0.523 bits per heavy atom. The fraction of sp³-hybridized carbons (Fsp3) is 0. The highest BCUT2D eigenvalue weighted by molar-refractivity contribution is 7.15. The van der Waals surface area contributed by atoms with Gasteiger partial charge in [0, 0.05) is 17.1 Å². The molecule has 0 unspecified atom stereocenters. The molecule has 0 aliphatic heterocycles. The number of hydrogen-bond donors (Lipinski definition) is 0. The standard InChI is InChI=1S/C62H49NSi2/c1-7-23-57(24-8-1)64(58-25-9-2-10-26-58,59-27-11-3-12-28-59)47-45-50-35-40-54(41-36-50)63(56-44-39-52-21-19-20-22-53(52)49-56)55-42-37-51(38-43-55)46-48-65(60-29-13-4-14-30-60,61-31-15-5-16-32-61)62-33-17-6-18-34-62/h1-49H. The number of benzene rings is 10. The van der Waals surface area contributed by atoms with E-state index in [1.54, 1.807) is 0 Å². The molecule has 0 heterocycles. The fourth-order valence-electron chi connectivity index (χ4n) is 9.46. The third kappa shape index (κ3) is 8.39. The number of rotatable bonds is 13. The maximum atomic E-state index is 2.51.